The van der Waals surface area contributed by atoms with Crippen LogP contribution >= 0.6 is 0 Å². The highest BCUT2D eigenvalue weighted by Gasteiger charge is 2.39. The largest absolute Gasteiger partial charge is 0.362 e. The maximum atomic E-state index is 12.2. The van der Waals surface area contributed by atoms with Crippen molar-refractivity contribution in [2.45, 2.75) is 31.8 Å². The van der Waals surface area contributed by atoms with Crippen LogP contribution in [-0.2, 0) is 0 Å². The summed E-state index contributed by atoms with van der Waals surface area (Å²) in [5.41, 5.74) is 1.48. The number of hydrogen-bond donors (Lipinski definition) is 2. The molecule has 0 saturated carbocycles. The fourth-order valence-electron chi connectivity index (χ4n) is 3.09. The van der Waals surface area contributed by atoms with E-state index in [-0.39, 0.29) is 11.6 Å². The summed E-state index contributed by atoms with van der Waals surface area (Å²) in [4.78, 5) is 14.7. The Balaban J connectivity index is 1.76. The van der Waals surface area contributed by atoms with E-state index in [9.17, 15) is 4.79 Å². The Labute approximate surface area is 114 Å². The first-order chi connectivity index (χ1) is 9.22. The number of piperidine rings is 1. The van der Waals surface area contributed by atoms with Gasteiger partial charge in [0, 0.05) is 31.6 Å². The second kappa shape index (κ2) is 4.85. The SMILES string of the molecule is CCCN1CCC2(CC1)NC(=O)c1ccccc1N2. The van der Waals surface area contributed by atoms with Gasteiger partial charge in [-0.05, 0) is 25.1 Å². The number of carbonyl (C=O) groups excluding carboxylic acids is 1. The van der Waals surface area contributed by atoms with E-state index in [4.69, 9.17) is 0 Å². The minimum atomic E-state index is -0.240. The van der Waals surface area contributed by atoms with E-state index < -0.39 is 0 Å². The van der Waals surface area contributed by atoms with Crippen LogP contribution in [0.4, 0.5) is 5.69 Å². The van der Waals surface area contributed by atoms with Crippen LogP contribution in [-0.4, -0.2) is 36.1 Å². The van der Waals surface area contributed by atoms with Crippen LogP contribution < -0.4 is 10.6 Å². The number of fused-ring (bicyclic) bond motifs is 1. The molecule has 1 aromatic carbocycles. The summed E-state index contributed by atoms with van der Waals surface area (Å²) in [6, 6.07) is 7.75. The average Bonchev–Trinajstić information content (AvgIpc) is 2.42. The third-order valence-corrected chi connectivity index (χ3v) is 4.15. The van der Waals surface area contributed by atoms with Crippen molar-refractivity contribution in [1.82, 2.24) is 10.2 Å². The minimum absolute atomic E-state index is 0.0540. The number of anilines is 1. The van der Waals surface area contributed by atoms with Crippen molar-refractivity contribution in [3.63, 3.8) is 0 Å². The molecule has 2 aliphatic rings. The number of nitrogens with zero attached hydrogens (tertiary/aromatic N) is 1. The number of likely N-dealkylation sites (tertiary alicyclic amines) is 1. The normalized spacial score (nSPS) is 21.6. The van der Waals surface area contributed by atoms with E-state index in [0.29, 0.717) is 0 Å². The zero-order chi connectivity index (χ0) is 13.3. The molecule has 19 heavy (non-hydrogen) atoms. The van der Waals surface area contributed by atoms with Gasteiger partial charge >= 0.3 is 0 Å². The molecule has 1 aromatic rings. The first kappa shape index (κ1) is 12.5. The smallest absolute Gasteiger partial charge is 0.255 e. The molecule has 0 unspecified atom stereocenters. The fraction of sp³-hybridized carbons (Fsp3) is 0.533. The average molecular weight is 259 g/mol. The molecule has 2 aliphatic heterocycles. The molecule has 2 heterocycles. The third kappa shape index (κ3) is 2.32. The molecule has 102 valence electrons. The lowest BCUT2D eigenvalue weighted by molar-refractivity contribution is 0.0829. The Bertz CT molecular complexity index is 478. The van der Waals surface area contributed by atoms with Crippen LogP contribution in [0.5, 0.6) is 0 Å². The van der Waals surface area contributed by atoms with Gasteiger partial charge in [-0.15, -0.1) is 0 Å². The zero-order valence-corrected chi connectivity index (χ0v) is 11.4. The minimum Gasteiger partial charge on any atom is -0.362 e. The number of amides is 1. The molecular weight excluding hydrogens is 238 g/mol. The van der Waals surface area contributed by atoms with Crippen LogP contribution in [0.1, 0.15) is 36.5 Å². The molecule has 0 aromatic heterocycles. The standard InChI is InChI=1S/C15H21N3O/c1-2-9-18-10-7-15(8-11-18)16-13-6-4-3-5-12(13)14(19)17-15/h3-6,16H,2,7-11H2,1H3,(H,17,19). The van der Waals surface area contributed by atoms with Crippen molar-refractivity contribution in [3.05, 3.63) is 29.8 Å². The summed E-state index contributed by atoms with van der Waals surface area (Å²) in [7, 11) is 0. The highest BCUT2D eigenvalue weighted by molar-refractivity contribution is 6.02. The summed E-state index contributed by atoms with van der Waals surface area (Å²) in [6.07, 6.45) is 3.12. The number of hydrogen-bond acceptors (Lipinski definition) is 3. The summed E-state index contributed by atoms with van der Waals surface area (Å²) in [5.74, 6) is 0.0540. The molecule has 4 heteroatoms. The topological polar surface area (TPSA) is 44.4 Å². The Morgan fingerprint density at radius 3 is 2.68 bits per heavy atom. The maximum Gasteiger partial charge on any atom is 0.255 e. The Kier molecular flexibility index (Phi) is 3.19. The summed E-state index contributed by atoms with van der Waals surface area (Å²) >= 11 is 0. The lowest BCUT2D eigenvalue weighted by atomic mass is 9.92. The second-order valence-electron chi connectivity index (χ2n) is 5.55. The number of benzene rings is 1. The van der Waals surface area contributed by atoms with Crippen molar-refractivity contribution >= 4 is 11.6 Å². The second-order valence-corrected chi connectivity index (χ2v) is 5.55. The molecule has 3 rings (SSSR count). The fourth-order valence-corrected chi connectivity index (χ4v) is 3.09. The summed E-state index contributed by atoms with van der Waals surface area (Å²) in [5, 5.41) is 6.72. The van der Waals surface area contributed by atoms with Crippen LogP contribution in [0.3, 0.4) is 0 Å². The highest BCUT2D eigenvalue weighted by Crippen LogP contribution is 2.31. The van der Waals surface area contributed by atoms with E-state index in [1.807, 2.05) is 24.3 Å². The molecular formula is C15H21N3O. The monoisotopic (exact) mass is 259 g/mol. The van der Waals surface area contributed by atoms with Crippen molar-refractivity contribution in [1.29, 1.82) is 0 Å². The van der Waals surface area contributed by atoms with E-state index in [0.717, 1.165) is 43.7 Å². The van der Waals surface area contributed by atoms with Gasteiger partial charge in [-0.25, -0.2) is 0 Å². The van der Waals surface area contributed by atoms with E-state index in [2.05, 4.69) is 22.5 Å². The molecule has 1 amide bonds. The van der Waals surface area contributed by atoms with Crippen LogP contribution in [0.15, 0.2) is 24.3 Å². The molecule has 1 fully saturated rings. The van der Waals surface area contributed by atoms with Crippen molar-refractivity contribution in [2.24, 2.45) is 0 Å². The van der Waals surface area contributed by atoms with Gasteiger partial charge in [-0.2, -0.15) is 0 Å². The molecule has 0 bridgehead atoms. The summed E-state index contributed by atoms with van der Waals surface area (Å²) < 4.78 is 0. The molecule has 0 aliphatic carbocycles. The van der Waals surface area contributed by atoms with Gasteiger partial charge in [0.2, 0.25) is 0 Å². The Hall–Kier alpha value is -1.55. The molecule has 0 radical (unpaired) electrons. The summed E-state index contributed by atoms with van der Waals surface area (Å²) in [6.45, 7) is 5.45. The Morgan fingerprint density at radius 1 is 1.21 bits per heavy atom. The lowest BCUT2D eigenvalue weighted by Gasteiger charge is -2.45. The molecule has 1 spiro atoms. The van der Waals surface area contributed by atoms with Crippen LogP contribution in [0.2, 0.25) is 0 Å². The number of nitrogens with one attached hydrogen (secondary N) is 2. The molecule has 4 nitrogen and oxygen atoms in total. The van der Waals surface area contributed by atoms with Crippen LogP contribution in [0.25, 0.3) is 0 Å². The number of rotatable bonds is 2. The van der Waals surface area contributed by atoms with E-state index in [1.54, 1.807) is 0 Å². The molecule has 0 atom stereocenters. The predicted molar refractivity (Wildman–Crippen MR) is 76.2 cm³/mol. The zero-order valence-electron chi connectivity index (χ0n) is 11.4. The molecule has 1 saturated heterocycles. The van der Waals surface area contributed by atoms with Gasteiger partial charge in [0.1, 0.15) is 5.66 Å². The number of carbonyl (C=O) groups is 1. The highest BCUT2D eigenvalue weighted by atomic mass is 16.2. The van der Waals surface area contributed by atoms with Crippen molar-refractivity contribution in [2.75, 3.05) is 25.0 Å². The maximum absolute atomic E-state index is 12.2. The van der Waals surface area contributed by atoms with Gasteiger partial charge < -0.3 is 15.5 Å². The van der Waals surface area contributed by atoms with Crippen molar-refractivity contribution in [3.8, 4) is 0 Å². The van der Waals surface area contributed by atoms with Crippen molar-refractivity contribution < 1.29 is 4.79 Å². The van der Waals surface area contributed by atoms with Gasteiger partial charge in [-0.3, -0.25) is 4.79 Å². The van der Waals surface area contributed by atoms with Gasteiger partial charge in [0.25, 0.3) is 5.91 Å². The van der Waals surface area contributed by atoms with E-state index >= 15 is 0 Å². The van der Waals surface area contributed by atoms with Crippen LogP contribution in [0, 0.1) is 0 Å². The lowest BCUT2D eigenvalue weighted by Crippen LogP contribution is -2.62. The van der Waals surface area contributed by atoms with E-state index in [1.165, 1.54) is 6.42 Å². The first-order valence-corrected chi connectivity index (χ1v) is 7.14. The van der Waals surface area contributed by atoms with Gasteiger partial charge in [-0.1, -0.05) is 19.1 Å². The van der Waals surface area contributed by atoms with Gasteiger partial charge in [0.05, 0.1) is 5.56 Å². The number of para-hydroxylation sites is 1. The molecule has 2 N–H and O–H groups in total. The quantitative estimate of drug-likeness (QED) is 0.854. The van der Waals surface area contributed by atoms with Gasteiger partial charge in [0.15, 0.2) is 0 Å². The first-order valence-electron chi connectivity index (χ1n) is 7.14. The third-order valence-electron chi connectivity index (χ3n) is 4.15. The predicted octanol–water partition coefficient (Wildman–Crippen LogP) is 2.04. The Morgan fingerprint density at radius 2 is 1.95 bits per heavy atom.